The normalized spacial score (nSPS) is 11.8. The molecule has 0 aliphatic carbocycles. The van der Waals surface area contributed by atoms with Gasteiger partial charge in [-0.15, -0.1) is 23.8 Å². The van der Waals surface area contributed by atoms with E-state index in [0.717, 1.165) is 72.5 Å². The van der Waals surface area contributed by atoms with Crippen LogP contribution < -0.4 is 0 Å². The monoisotopic (exact) mass is 1060 g/mol. The largest absolute Gasteiger partial charge is 0.507 e. The van der Waals surface area contributed by atoms with Crippen molar-refractivity contribution in [3.63, 3.8) is 0 Å². The molecule has 2 aromatic heterocycles. The fraction of sp³-hybridized carbons (Fsp3) is 0.226. The summed E-state index contributed by atoms with van der Waals surface area (Å²) < 4.78 is 2.26. The number of para-hydroxylation sites is 2. The zero-order valence-corrected chi connectivity index (χ0v) is 43.2. The number of nitrogens with zero attached hydrogens (tertiary/aromatic N) is 3. The van der Waals surface area contributed by atoms with Crippen LogP contribution in [0.4, 0.5) is 0 Å². The summed E-state index contributed by atoms with van der Waals surface area (Å²) >= 11 is 0. The van der Waals surface area contributed by atoms with Gasteiger partial charge in [-0.05, 0) is 110 Å². The van der Waals surface area contributed by atoms with Gasteiger partial charge in [0.05, 0.1) is 22.3 Å². The van der Waals surface area contributed by atoms with Gasteiger partial charge >= 0.3 is 0 Å². The quantitative estimate of drug-likeness (QED) is 0.162. The van der Waals surface area contributed by atoms with Crippen LogP contribution >= 0.6 is 0 Å². The molecular formula is C62H60N3OPt-. The number of phenolic OH excluding ortho intramolecular Hbond substituents is 1. The molecule has 0 saturated heterocycles. The van der Waals surface area contributed by atoms with E-state index in [1.807, 2.05) is 6.20 Å². The van der Waals surface area contributed by atoms with E-state index in [9.17, 15) is 5.11 Å². The van der Waals surface area contributed by atoms with Crippen molar-refractivity contribution < 1.29 is 26.2 Å². The van der Waals surface area contributed by atoms with Crippen LogP contribution in [-0.4, -0.2) is 19.6 Å². The van der Waals surface area contributed by atoms with Crippen molar-refractivity contribution in [1.82, 2.24) is 14.5 Å². The summed E-state index contributed by atoms with van der Waals surface area (Å²) in [6, 6.07) is 51.5. The van der Waals surface area contributed by atoms with E-state index in [0.29, 0.717) is 11.4 Å². The second kappa shape index (κ2) is 18.0. The van der Waals surface area contributed by atoms with Crippen LogP contribution in [0, 0.1) is 47.6 Å². The summed E-state index contributed by atoms with van der Waals surface area (Å²) in [5, 5.41) is 12.5. The Bertz CT molecular complexity index is 3280. The summed E-state index contributed by atoms with van der Waals surface area (Å²) in [5.41, 5.74) is 22.7. The van der Waals surface area contributed by atoms with Crippen LogP contribution in [0.15, 0.2) is 140 Å². The summed E-state index contributed by atoms with van der Waals surface area (Å²) in [6.45, 7) is 26.2. The molecule has 9 aromatic rings. The van der Waals surface area contributed by atoms with E-state index in [2.05, 4.69) is 227 Å². The van der Waals surface area contributed by atoms with Gasteiger partial charge in [0.25, 0.3) is 0 Å². The number of aromatic hydroxyl groups is 1. The van der Waals surface area contributed by atoms with Gasteiger partial charge in [-0.3, -0.25) is 9.55 Å². The second-order valence-electron chi connectivity index (χ2n) is 20.4. The predicted molar refractivity (Wildman–Crippen MR) is 278 cm³/mol. The standard InChI is InChI=1S/C62H60N3O.Pt/c1-37-29-39(3)56(40(4)30-37)45-26-28-53(63-36-45)44-25-27-48(57-41(5)31-38(2)32-42(57)6)50(33-44)49-22-18-24-55-58(49)64-60(51-34-46(61(7,8)9)35-52(59(51)66)62(10,11)12)65(55)54-23-17-16-21-47(54)43-19-14-13-15-20-43;/h13-32,34-36,66H,1-12H3;/q-1;. The molecule has 2 heterocycles. The number of hydrogen-bond donors (Lipinski definition) is 1. The Hall–Kier alpha value is -6.35. The Labute approximate surface area is 412 Å². The number of aryl methyl sites for hydroxylation is 6. The first kappa shape index (κ1) is 47.2. The third kappa shape index (κ3) is 8.85. The maximum atomic E-state index is 12.5. The van der Waals surface area contributed by atoms with Crippen molar-refractivity contribution >= 4 is 11.0 Å². The summed E-state index contributed by atoms with van der Waals surface area (Å²) in [5.74, 6) is 0.922. The second-order valence-corrected chi connectivity index (χ2v) is 20.4. The third-order valence-electron chi connectivity index (χ3n) is 13.1. The predicted octanol–water partition coefficient (Wildman–Crippen LogP) is 16.4. The smallest absolute Gasteiger partial charge is 0.148 e. The molecule has 5 heteroatoms. The molecule has 340 valence electrons. The molecule has 4 nitrogen and oxygen atoms in total. The van der Waals surface area contributed by atoms with Crippen molar-refractivity contribution in [2.45, 2.75) is 93.9 Å². The Morgan fingerprint density at radius 3 is 1.76 bits per heavy atom. The first-order chi connectivity index (χ1) is 31.4. The van der Waals surface area contributed by atoms with Gasteiger partial charge in [0.15, 0.2) is 0 Å². The molecule has 7 aromatic carbocycles. The minimum Gasteiger partial charge on any atom is -0.507 e. The van der Waals surface area contributed by atoms with E-state index in [1.54, 1.807) is 0 Å². The van der Waals surface area contributed by atoms with Crippen LogP contribution in [-0.2, 0) is 31.9 Å². The Morgan fingerprint density at radius 2 is 1.15 bits per heavy atom. The van der Waals surface area contributed by atoms with Gasteiger partial charge < -0.3 is 5.11 Å². The molecule has 0 aliphatic rings. The topological polar surface area (TPSA) is 50.9 Å². The molecule has 67 heavy (non-hydrogen) atoms. The van der Waals surface area contributed by atoms with Crippen molar-refractivity contribution in [3.05, 3.63) is 190 Å². The summed E-state index contributed by atoms with van der Waals surface area (Å²) in [6.07, 6.45) is 2.00. The van der Waals surface area contributed by atoms with E-state index in [1.165, 1.54) is 44.5 Å². The molecule has 0 unspecified atom stereocenters. The van der Waals surface area contributed by atoms with Gasteiger partial charge in [-0.1, -0.05) is 184 Å². The maximum absolute atomic E-state index is 12.5. The van der Waals surface area contributed by atoms with Crippen LogP contribution in [0.5, 0.6) is 5.75 Å². The third-order valence-corrected chi connectivity index (χ3v) is 13.1. The number of rotatable bonds is 7. The average molecular weight is 1060 g/mol. The van der Waals surface area contributed by atoms with Crippen molar-refractivity contribution in [3.8, 4) is 78.6 Å². The Kier molecular flexibility index (Phi) is 12.7. The van der Waals surface area contributed by atoms with Crippen molar-refractivity contribution in [1.29, 1.82) is 0 Å². The van der Waals surface area contributed by atoms with E-state index < -0.39 is 0 Å². The molecular weight excluding hydrogens is 998 g/mol. The molecule has 9 rings (SSSR count). The number of fused-ring (bicyclic) bond motifs is 1. The number of aromatic nitrogens is 3. The van der Waals surface area contributed by atoms with Gasteiger partial charge in [-0.2, -0.15) is 0 Å². The molecule has 0 saturated carbocycles. The molecule has 0 amide bonds. The van der Waals surface area contributed by atoms with Crippen LogP contribution in [0.3, 0.4) is 0 Å². The number of phenols is 1. The molecule has 0 fully saturated rings. The van der Waals surface area contributed by atoms with Gasteiger partial charge in [0.2, 0.25) is 0 Å². The van der Waals surface area contributed by atoms with Crippen molar-refractivity contribution in [2.75, 3.05) is 0 Å². The molecule has 0 bridgehead atoms. The van der Waals surface area contributed by atoms with Crippen LogP contribution in [0.1, 0.15) is 86.1 Å². The zero-order valence-electron chi connectivity index (χ0n) is 40.9. The first-order valence-electron chi connectivity index (χ1n) is 23.1. The number of benzene rings is 7. The minimum absolute atomic E-state index is 0. The Morgan fingerprint density at radius 1 is 0.537 bits per heavy atom. The van der Waals surface area contributed by atoms with E-state index in [4.69, 9.17) is 9.97 Å². The van der Waals surface area contributed by atoms with Crippen molar-refractivity contribution in [2.24, 2.45) is 0 Å². The zero-order chi connectivity index (χ0) is 46.8. The number of pyridine rings is 1. The van der Waals surface area contributed by atoms with Crippen LogP contribution in [0.2, 0.25) is 0 Å². The Balaban J connectivity index is 0.00000608. The minimum atomic E-state index is -0.331. The van der Waals surface area contributed by atoms with Gasteiger partial charge in [0, 0.05) is 44.1 Å². The van der Waals surface area contributed by atoms with Crippen LogP contribution in [0.25, 0.3) is 83.9 Å². The van der Waals surface area contributed by atoms with Gasteiger partial charge in [-0.25, -0.2) is 4.98 Å². The fourth-order valence-electron chi connectivity index (χ4n) is 10.1. The summed E-state index contributed by atoms with van der Waals surface area (Å²) in [4.78, 5) is 10.8. The van der Waals surface area contributed by atoms with Gasteiger partial charge in [0.1, 0.15) is 11.6 Å². The fourth-order valence-corrected chi connectivity index (χ4v) is 10.1. The SMILES string of the molecule is Cc1cc(C)c(-c2ccc(-c3[c-]c(-c4cccc5c4nc(-c4cc(C(C)(C)C)cc(C(C)(C)C)c4O)n5-c4ccccc4-c4ccccc4)c(-c4c(C)cc(C)cc4C)cc3)nc2)c(C)c1.[Pt]. The molecule has 1 N–H and O–H groups in total. The number of hydrogen-bond acceptors (Lipinski definition) is 3. The van der Waals surface area contributed by atoms with E-state index in [-0.39, 0.29) is 37.6 Å². The summed E-state index contributed by atoms with van der Waals surface area (Å²) in [7, 11) is 0. The van der Waals surface area contributed by atoms with E-state index >= 15 is 0 Å². The molecule has 0 aliphatic heterocycles. The maximum Gasteiger partial charge on any atom is 0.148 e. The first-order valence-corrected chi connectivity index (χ1v) is 23.1. The molecule has 0 atom stereocenters. The molecule has 0 spiro atoms. The average Bonchev–Trinajstić information content (AvgIpc) is 3.65. The molecule has 0 radical (unpaired) electrons. The number of imidazole rings is 1.